The van der Waals surface area contributed by atoms with E-state index in [2.05, 4.69) is 20.8 Å². The van der Waals surface area contributed by atoms with Gasteiger partial charge >= 0.3 is 0 Å². The number of hydrogen-bond donors (Lipinski definition) is 1. The molecule has 0 aromatic carbocycles. The largest absolute Gasteiger partial charge is 0.390 e. The summed E-state index contributed by atoms with van der Waals surface area (Å²) in [5, 5.41) is 10.6. The van der Waals surface area contributed by atoms with Gasteiger partial charge in [-0.3, -0.25) is 4.79 Å². The van der Waals surface area contributed by atoms with Gasteiger partial charge in [0.05, 0.1) is 5.60 Å². The van der Waals surface area contributed by atoms with Crippen LogP contribution in [-0.2, 0) is 4.79 Å². The highest BCUT2D eigenvalue weighted by molar-refractivity contribution is 5.87. The Morgan fingerprint density at radius 1 is 1.00 bits per heavy atom. The molecule has 0 saturated heterocycles. The predicted octanol–water partition coefficient (Wildman–Crippen LogP) is 4.60. The maximum absolute atomic E-state index is 12.5. The average Bonchev–Trinajstić information content (AvgIpc) is 2.77. The van der Waals surface area contributed by atoms with Crippen molar-refractivity contribution in [2.75, 3.05) is 0 Å². The van der Waals surface area contributed by atoms with E-state index in [1.807, 2.05) is 6.92 Å². The Balaban J connectivity index is 1.67. The molecule has 0 amide bonds. The van der Waals surface area contributed by atoms with Gasteiger partial charge in [0.25, 0.3) is 0 Å². The van der Waals surface area contributed by atoms with Crippen LogP contribution in [0.2, 0.25) is 0 Å². The third-order valence-corrected chi connectivity index (χ3v) is 9.03. The van der Waals surface area contributed by atoms with E-state index in [0.29, 0.717) is 29.0 Å². The molecule has 0 heterocycles. The van der Waals surface area contributed by atoms with Crippen LogP contribution in [-0.4, -0.2) is 16.5 Å². The van der Waals surface area contributed by atoms with Crippen molar-refractivity contribution in [2.24, 2.45) is 40.4 Å². The number of carbonyl (C=O) groups is 1. The zero-order valence-corrected chi connectivity index (χ0v) is 15.4. The number of hydrogen-bond acceptors (Lipinski definition) is 2. The highest BCUT2D eigenvalue weighted by atomic mass is 16.3. The molecule has 4 fully saturated rings. The van der Waals surface area contributed by atoms with Crippen LogP contribution < -0.4 is 0 Å². The van der Waals surface area contributed by atoms with E-state index in [1.54, 1.807) is 0 Å². The first-order valence-electron chi connectivity index (χ1n) is 9.93. The summed E-state index contributed by atoms with van der Waals surface area (Å²) in [4.78, 5) is 12.5. The maximum atomic E-state index is 12.5. The molecule has 130 valence electrons. The number of Topliss-reactive ketones (excluding diaryl/α,β-unsaturated/α-hetero) is 1. The Kier molecular flexibility index (Phi) is 3.39. The fourth-order valence-corrected chi connectivity index (χ4v) is 7.64. The SMILES string of the molecule is C[C@@H]1C[C@@H]2[C@H](CC[C@]3(C)C(=O)CC[C@@H]23)[C@@]2(C)CCC(C)(O)C[C@H]12. The molecular weight excluding hydrogens is 284 g/mol. The lowest BCUT2D eigenvalue weighted by Crippen LogP contribution is -2.57. The first kappa shape index (κ1) is 16.1. The number of fused-ring (bicyclic) bond motifs is 5. The summed E-state index contributed by atoms with van der Waals surface area (Å²) in [5.41, 5.74) is -0.0838. The quantitative estimate of drug-likeness (QED) is 0.709. The van der Waals surface area contributed by atoms with Crippen molar-refractivity contribution >= 4 is 5.78 Å². The van der Waals surface area contributed by atoms with Crippen molar-refractivity contribution in [2.45, 2.75) is 84.7 Å². The van der Waals surface area contributed by atoms with Crippen molar-refractivity contribution in [3.05, 3.63) is 0 Å². The predicted molar refractivity (Wildman–Crippen MR) is 91.9 cm³/mol. The van der Waals surface area contributed by atoms with Crippen molar-refractivity contribution in [1.29, 1.82) is 0 Å². The van der Waals surface area contributed by atoms with Gasteiger partial charge in [-0.15, -0.1) is 0 Å². The molecule has 0 spiro atoms. The summed E-state index contributed by atoms with van der Waals surface area (Å²) >= 11 is 0. The molecule has 1 N–H and O–H groups in total. The van der Waals surface area contributed by atoms with Gasteiger partial charge in [-0.25, -0.2) is 0 Å². The van der Waals surface area contributed by atoms with E-state index in [0.717, 1.165) is 43.9 Å². The second kappa shape index (κ2) is 4.84. The van der Waals surface area contributed by atoms with Crippen molar-refractivity contribution in [1.82, 2.24) is 0 Å². The number of rotatable bonds is 0. The molecule has 0 radical (unpaired) electrons. The smallest absolute Gasteiger partial charge is 0.139 e. The van der Waals surface area contributed by atoms with Crippen molar-refractivity contribution in [3.63, 3.8) is 0 Å². The van der Waals surface area contributed by atoms with Crippen LogP contribution in [0.25, 0.3) is 0 Å². The van der Waals surface area contributed by atoms with Gasteiger partial charge in [0.1, 0.15) is 5.78 Å². The van der Waals surface area contributed by atoms with Gasteiger partial charge in [0, 0.05) is 11.8 Å². The van der Waals surface area contributed by atoms with Gasteiger partial charge in [0.2, 0.25) is 0 Å². The molecule has 4 aliphatic carbocycles. The van der Waals surface area contributed by atoms with Crippen LogP contribution in [0.3, 0.4) is 0 Å². The summed E-state index contributed by atoms with van der Waals surface area (Å²) in [6, 6.07) is 0. The van der Waals surface area contributed by atoms with Crippen molar-refractivity contribution < 1.29 is 9.90 Å². The standard InChI is InChI=1S/C21H34O2/c1-13-11-14-15-5-6-18(22)21(15,4)8-7-16(14)20(3)10-9-19(2,23)12-17(13)20/h13-17,23H,5-12H2,1-4H3/t13-,14+,15+,16+,17-,19?,20-,21+/m1/s1. The Bertz CT molecular complexity index is 524. The molecule has 4 saturated carbocycles. The normalized spacial score (nSPS) is 59.2. The first-order valence-corrected chi connectivity index (χ1v) is 9.93. The summed E-state index contributed by atoms with van der Waals surface area (Å²) in [5.74, 6) is 4.06. The van der Waals surface area contributed by atoms with Gasteiger partial charge in [-0.1, -0.05) is 20.8 Å². The molecule has 2 heteroatoms. The average molecular weight is 319 g/mol. The second-order valence-electron chi connectivity index (χ2n) is 10.3. The first-order chi connectivity index (χ1) is 10.7. The Hall–Kier alpha value is -0.370. The van der Waals surface area contributed by atoms with Crippen LogP contribution in [0, 0.1) is 40.4 Å². The molecule has 8 atom stereocenters. The Morgan fingerprint density at radius 2 is 1.74 bits per heavy atom. The highest BCUT2D eigenvalue weighted by Crippen LogP contribution is 2.67. The highest BCUT2D eigenvalue weighted by Gasteiger charge is 2.62. The third-order valence-electron chi connectivity index (χ3n) is 9.03. The minimum Gasteiger partial charge on any atom is -0.390 e. The summed E-state index contributed by atoms with van der Waals surface area (Å²) in [6.07, 6.45) is 8.72. The molecule has 1 unspecified atom stereocenters. The van der Waals surface area contributed by atoms with Gasteiger partial charge in [0.15, 0.2) is 0 Å². The molecular formula is C21H34O2. The Morgan fingerprint density at radius 3 is 2.48 bits per heavy atom. The van der Waals surface area contributed by atoms with E-state index in [4.69, 9.17) is 0 Å². The third kappa shape index (κ3) is 2.12. The fraction of sp³-hybridized carbons (Fsp3) is 0.952. The van der Waals surface area contributed by atoms with E-state index in [-0.39, 0.29) is 5.41 Å². The molecule has 0 aromatic heterocycles. The summed E-state index contributed by atoms with van der Waals surface area (Å²) in [7, 11) is 0. The van der Waals surface area contributed by atoms with Crippen LogP contribution in [0.4, 0.5) is 0 Å². The minimum atomic E-state index is -0.461. The van der Waals surface area contributed by atoms with E-state index in [1.165, 1.54) is 19.3 Å². The second-order valence-corrected chi connectivity index (χ2v) is 10.3. The molecule has 0 aromatic rings. The van der Waals surface area contributed by atoms with E-state index >= 15 is 0 Å². The summed E-state index contributed by atoms with van der Waals surface area (Å²) < 4.78 is 0. The van der Waals surface area contributed by atoms with E-state index < -0.39 is 5.60 Å². The fourth-order valence-electron chi connectivity index (χ4n) is 7.64. The number of aliphatic hydroxyl groups is 1. The Labute approximate surface area is 141 Å². The number of ketones is 1. The zero-order valence-electron chi connectivity index (χ0n) is 15.4. The molecule has 4 rings (SSSR count). The number of carbonyl (C=O) groups excluding carboxylic acids is 1. The van der Waals surface area contributed by atoms with Gasteiger partial charge < -0.3 is 5.11 Å². The summed E-state index contributed by atoms with van der Waals surface area (Å²) in [6.45, 7) is 9.26. The topological polar surface area (TPSA) is 37.3 Å². The van der Waals surface area contributed by atoms with E-state index in [9.17, 15) is 9.90 Å². The van der Waals surface area contributed by atoms with Crippen LogP contribution >= 0.6 is 0 Å². The molecule has 0 bridgehead atoms. The van der Waals surface area contributed by atoms with Gasteiger partial charge in [-0.05, 0) is 86.9 Å². The lowest BCUT2D eigenvalue weighted by atomic mass is 9.42. The van der Waals surface area contributed by atoms with Crippen LogP contribution in [0.1, 0.15) is 79.1 Å². The molecule has 2 nitrogen and oxygen atoms in total. The monoisotopic (exact) mass is 318 g/mol. The lowest BCUT2D eigenvalue weighted by molar-refractivity contribution is -0.165. The molecule has 4 aliphatic rings. The lowest BCUT2D eigenvalue weighted by Gasteiger charge is -2.63. The van der Waals surface area contributed by atoms with Gasteiger partial charge in [-0.2, -0.15) is 0 Å². The minimum absolute atomic E-state index is 0.00968. The van der Waals surface area contributed by atoms with Crippen molar-refractivity contribution in [3.8, 4) is 0 Å². The van der Waals surface area contributed by atoms with Crippen LogP contribution in [0.5, 0.6) is 0 Å². The van der Waals surface area contributed by atoms with Crippen LogP contribution in [0.15, 0.2) is 0 Å². The zero-order chi connectivity index (χ0) is 16.6. The molecule has 0 aliphatic heterocycles. The maximum Gasteiger partial charge on any atom is 0.139 e. The molecule has 23 heavy (non-hydrogen) atoms.